The van der Waals surface area contributed by atoms with Crippen LogP contribution < -0.4 is 4.90 Å². The van der Waals surface area contributed by atoms with Crippen molar-refractivity contribution < 1.29 is 31.1 Å². The molecule has 0 atom stereocenters. The Kier molecular flexibility index (Phi) is 6.80. The smallest absolute Gasteiger partial charge is 0.363 e. The predicted molar refractivity (Wildman–Crippen MR) is 89.5 cm³/mol. The molecule has 1 aliphatic heterocycles. The number of likely N-dealkylation sites (tertiary alicyclic amines) is 1. The lowest BCUT2D eigenvalue weighted by Crippen LogP contribution is -2.36. The Bertz CT molecular complexity index is 732. The number of benzene rings is 1. The molecular formula is C18H19F6N3O. The van der Waals surface area contributed by atoms with Crippen LogP contribution in [0.15, 0.2) is 18.2 Å². The molecule has 1 aliphatic rings. The van der Waals surface area contributed by atoms with Crippen molar-refractivity contribution >= 4 is 11.6 Å². The highest BCUT2D eigenvalue weighted by molar-refractivity contribution is 5.76. The number of alkyl halides is 6. The topological polar surface area (TPSA) is 47.3 Å². The maximum absolute atomic E-state index is 13.1. The van der Waals surface area contributed by atoms with Crippen molar-refractivity contribution in [3.63, 3.8) is 0 Å². The van der Waals surface area contributed by atoms with Crippen LogP contribution in [0.1, 0.15) is 36.8 Å². The summed E-state index contributed by atoms with van der Waals surface area (Å²) in [5.74, 6) is -0.166. The van der Waals surface area contributed by atoms with Gasteiger partial charge in [0.05, 0.1) is 17.2 Å². The average Bonchev–Trinajstić information content (AvgIpc) is 3.13. The summed E-state index contributed by atoms with van der Waals surface area (Å²) in [6.45, 7) is -0.443. The van der Waals surface area contributed by atoms with E-state index in [0.29, 0.717) is 19.2 Å². The van der Waals surface area contributed by atoms with E-state index in [4.69, 9.17) is 5.26 Å². The molecule has 1 aromatic rings. The lowest BCUT2D eigenvalue weighted by atomic mass is 10.1. The van der Waals surface area contributed by atoms with Gasteiger partial charge in [0.25, 0.3) is 0 Å². The Labute approximate surface area is 158 Å². The highest BCUT2D eigenvalue weighted by atomic mass is 19.4. The third-order valence-corrected chi connectivity index (χ3v) is 4.44. The van der Waals surface area contributed by atoms with Crippen LogP contribution in [0.4, 0.5) is 32.0 Å². The van der Waals surface area contributed by atoms with Crippen molar-refractivity contribution in [3.05, 3.63) is 29.3 Å². The second-order valence-electron chi connectivity index (χ2n) is 6.57. The number of carbonyl (C=O) groups excluding carboxylic acids is 1. The summed E-state index contributed by atoms with van der Waals surface area (Å²) in [5, 5.41) is 8.82. The van der Waals surface area contributed by atoms with E-state index in [0.717, 1.165) is 29.9 Å². The first kappa shape index (κ1) is 21.9. The molecule has 28 heavy (non-hydrogen) atoms. The van der Waals surface area contributed by atoms with Gasteiger partial charge in [-0.2, -0.15) is 31.6 Å². The summed E-state index contributed by atoms with van der Waals surface area (Å²) < 4.78 is 78.1. The largest absolute Gasteiger partial charge is 0.417 e. The lowest BCUT2D eigenvalue weighted by Gasteiger charge is -2.27. The second kappa shape index (κ2) is 8.71. The Morgan fingerprint density at radius 2 is 1.79 bits per heavy atom. The van der Waals surface area contributed by atoms with Gasteiger partial charge in [-0.3, -0.25) is 4.79 Å². The van der Waals surface area contributed by atoms with Gasteiger partial charge in [0.2, 0.25) is 5.91 Å². The number of anilines is 1. The molecule has 1 saturated heterocycles. The van der Waals surface area contributed by atoms with Crippen molar-refractivity contribution in [2.45, 2.75) is 38.0 Å². The maximum atomic E-state index is 13.1. The third kappa shape index (κ3) is 6.04. The zero-order chi connectivity index (χ0) is 20.9. The van der Waals surface area contributed by atoms with Gasteiger partial charge >= 0.3 is 12.4 Å². The van der Waals surface area contributed by atoms with Crippen LogP contribution in [0.2, 0.25) is 0 Å². The van der Waals surface area contributed by atoms with Crippen molar-refractivity contribution in [2.75, 3.05) is 31.1 Å². The number of hydrogen-bond donors (Lipinski definition) is 0. The fourth-order valence-electron chi connectivity index (χ4n) is 3.12. The van der Waals surface area contributed by atoms with Crippen LogP contribution in [0, 0.1) is 11.3 Å². The van der Waals surface area contributed by atoms with E-state index in [-0.39, 0.29) is 31.0 Å². The molecule has 10 heteroatoms. The minimum absolute atomic E-state index is 0.0246. The first-order chi connectivity index (χ1) is 13.0. The summed E-state index contributed by atoms with van der Waals surface area (Å²) in [6.07, 6.45) is -7.62. The summed E-state index contributed by atoms with van der Waals surface area (Å²) in [5.41, 5.74) is -2.24. The molecule has 0 spiro atoms. The minimum Gasteiger partial charge on any atom is -0.363 e. The van der Waals surface area contributed by atoms with E-state index < -0.39 is 30.0 Å². The Balaban J connectivity index is 2.16. The lowest BCUT2D eigenvalue weighted by molar-refractivity contribution is -0.137. The van der Waals surface area contributed by atoms with E-state index in [1.54, 1.807) is 4.90 Å². The highest BCUT2D eigenvalue weighted by Gasteiger charge is 2.36. The molecule has 0 aliphatic carbocycles. The van der Waals surface area contributed by atoms with Gasteiger partial charge in [-0.1, -0.05) is 0 Å². The Morgan fingerprint density at radius 3 is 2.32 bits per heavy atom. The molecule has 0 unspecified atom stereocenters. The highest BCUT2D eigenvalue weighted by Crippen LogP contribution is 2.35. The van der Waals surface area contributed by atoms with E-state index in [1.165, 1.54) is 6.07 Å². The van der Waals surface area contributed by atoms with Gasteiger partial charge in [0, 0.05) is 31.7 Å². The quantitative estimate of drug-likeness (QED) is 0.659. The van der Waals surface area contributed by atoms with E-state index in [2.05, 4.69) is 0 Å². The van der Waals surface area contributed by atoms with Crippen LogP contribution in [-0.4, -0.2) is 43.2 Å². The molecule has 1 fully saturated rings. The molecule has 0 radical (unpaired) electrons. The number of hydrogen-bond acceptors (Lipinski definition) is 3. The molecule has 1 heterocycles. The van der Waals surface area contributed by atoms with E-state index >= 15 is 0 Å². The fourth-order valence-corrected chi connectivity index (χ4v) is 3.12. The number of nitrogens with zero attached hydrogens (tertiary/aromatic N) is 3. The van der Waals surface area contributed by atoms with Crippen molar-refractivity contribution in [1.82, 2.24) is 4.90 Å². The van der Waals surface area contributed by atoms with Gasteiger partial charge in [0.1, 0.15) is 6.54 Å². The van der Waals surface area contributed by atoms with Crippen molar-refractivity contribution in [1.29, 1.82) is 5.26 Å². The predicted octanol–water partition coefficient (Wildman–Crippen LogP) is 4.35. The van der Waals surface area contributed by atoms with Crippen LogP contribution in [0.3, 0.4) is 0 Å². The molecule has 0 aromatic heterocycles. The summed E-state index contributed by atoms with van der Waals surface area (Å²) in [7, 11) is 0. The average molecular weight is 407 g/mol. The van der Waals surface area contributed by atoms with Crippen LogP contribution in [0.25, 0.3) is 0 Å². The zero-order valence-electron chi connectivity index (χ0n) is 14.9. The number of halogens is 6. The minimum atomic E-state index is -4.86. The molecule has 0 saturated carbocycles. The normalized spacial score (nSPS) is 14.8. The number of rotatable bonds is 6. The molecule has 4 nitrogen and oxygen atoms in total. The van der Waals surface area contributed by atoms with Crippen molar-refractivity contribution in [3.8, 4) is 6.07 Å². The molecule has 0 N–H and O–H groups in total. The van der Waals surface area contributed by atoms with E-state index in [9.17, 15) is 31.1 Å². The number of amides is 1. The maximum Gasteiger partial charge on any atom is 0.417 e. The summed E-state index contributed by atoms with van der Waals surface area (Å²) in [4.78, 5) is 14.4. The third-order valence-electron chi connectivity index (χ3n) is 4.44. The molecule has 0 bridgehead atoms. The van der Waals surface area contributed by atoms with Crippen LogP contribution >= 0.6 is 0 Å². The van der Waals surface area contributed by atoms with Gasteiger partial charge in [-0.15, -0.1) is 0 Å². The molecule has 2 rings (SSSR count). The van der Waals surface area contributed by atoms with Gasteiger partial charge in [0.15, 0.2) is 0 Å². The van der Waals surface area contributed by atoms with Crippen LogP contribution in [0.5, 0.6) is 0 Å². The molecular weight excluding hydrogens is 388 g/mol. The van der Waals surface area contributed by atoms with Gasteiger partial charge in [-0.05, 0) is 37.5 Å². The van der Waals surface area contributed by atoms with Gasteiger partial charge in [-0.25, -0.2) is 0 Å². The van der Waals surface area contributed by atoms with Crippen molar-refractivity contribution in [2.24, 2.45) is 0 Å². The summed E-state index contributed by atoms with van der Waals surface area (Å²) in [6, 6.07) is 3.86. The Morgan fingerprint density at radius 1 is 1.14 bits per heavy atom. The first-order valence-electron chi connectivity index (χ1n) is 8.72. The monoisotopic (exact) mass is 407 g/mol. The number of nitriles is 1. The second-order valence-corrected chi connectivity index (χ2v) is 6.57. The molecule has 154 valence electrons. The summed E-state index contributed by atoms with van der Waals surface area (Å²) >= 11 is 0. The number of carbonyl (C=O) groups is 1. The first-order valence-corrected chi connectivity index (χ1v) is 8.72. The standard InChI is InChI=1S/C18H19F6N3O/c19-17(20,21)12-27(9-3-4-16(28)26-7-1-2-8-26)14-6-5-13(11-25)15(10-14)18(22,23)24/h5-6,10H,1-4,7-9,12H2. The van der Waals surface area contributed by atoms with Crippen LogP contribution in [-0.2, 0) is 11.0 Å². The Hall–Kier alpha value is -2.44. The van der Waals surface area contributed by atoms with Gasteiger partial charge < -0.3 is 9.80 Å². The fraction of sp³-hybridized carbons (Fsp3) is 0.556. The SMILES string of the molecule is N#Cc1ccc(N(CCCC(=O)N2CCCC2)CC(F)(F)F)cc1C(F)(F)F. The van der Waals surface area contributed by atoms with E-state index in [1.807, 2.05) is 0 Å². The zero-order valence-corrected chi connectivity index (χ0v) is 14.9. The molecule has 1 amide bonds. The molecule has 1 aromatic carbocycles.